The molecule has 0 bridgehead atoms. The van der Waals surface area contributed by atoms with Crippen LogP contribution in [0.2, 0.25) is 0 Å². The Morgan fingerprint density at radius 3 is 2.85 bits per heavy atom. The van der Waals surface area contributed by atoms with E-state index in [1.54, 1.807) is 24.3 Å². The van der Waals surface area contributed by atoms with Crippen LogP contribution in [0.25, 0.3) is 6.08 Å². The van der Waals surface area contributed by atoms with Crippen molar-refractivity contribution in [1.29, 1.82) is 0 Å². The van der Waals surface area contributed by atoms with Crippen LogP contribution in [0, 0.1) is 6.92 Å². The van der Waals surface area contributed by atoms with Gasteiger partial charge in [0, 0.05) is 0 Å². The van der Waals surface area contributed by atoms with Crippen LogP contribution in [0.4, 0.5) is 5.69 Å². The highest BCUT2D eigenvalue weighted by Crippen LogP contribution is 2.29. The molecule has 3 rings (SSSR count). The third kappa shape index (κ3) is 5.21. The van der Waals surface area contributed by atoms with Crippen LogP contribution < -0.4 is 10.1 Å². The first-order valence-corrected chi connectivity index (χ1v) is 9.13. The van der Waals surface area contributed by atoms with Crippen molar-refractivity contribution in [2.45, 2.75) is 13.3 Å². The number of carboxylic acids is 1. The number of nitrogens with zero attached hydrogens (tertiary/aromatic N) is 1. The van der Waals surface area contributed by atoms with Gasteiger partial charge in [0.2, 0.25) is 0 Å². The molecule has 7 heteroatoms. The van der Waals surface area contributed by atoms with E-state index in [2.05, 4.69) is 10.3 Å². The second-order valence-corrected chi connectivity index (χ2v) is 6.86. The molecule has 138 valence electrons. The lowest BCUT2D eigenvalue weighted by molar-refractivity contribution is -0.137. The Labute approximate surface area is 161 Å². The van der Waals surface area contributed by atoms with Crippen molar-refractivity contribution in [2.24, 2.45) is 4.99 Å². The van der Waals surface area contributed by atoms with Gasteiger partial charge in [0.05, 0.1) is 23.6 Å². The Bertz CT molecular complexity index is 937. The largest absolute Gasteiger partial charge is 0.493 e. The zero-order valence-electron chi connectivity index (χ0n) is 14.6. The number of amides is 1. The Morgan fingerprint density at radius 1 is 1.26 bits per heavy atom. The molecule has 0 aromatic heterocycles. The Balaban J connectivity index is 1.73. The predicted octanol–water partition coefficient (Wildman–Crippen LogP) is 3.74. The van der Waals surface area contributed by atoms with Crippen molar-refractivity contribution in [2.75, 3.05) is 6.61 Å². The van der Waals surface area contributed by atoms with Gasteiger partial charge in [-0.25, -0.2) is 4.99 Å². The second kappa shape index (κ2) is 8.55. The fourth-order valence-corrected chi connectivity index (χ4v) is 3.22. The van der Waals surface area contributed by atoms with Crippen LogP contribution in [0.1, 0.15) is 17.5 Å². The van der Waals surface area contributed by atoms with E-state index in [1.165, 1.54) is 11.8 Å². The van der Waals surface area contributed by atoms with Crippen LogP contribution >= 0.6 is 11.8 Å². The number of aryl methyl sites for hydroxylation is 1. The maximum atomic E-state index is 12.2. The molecule has 2 N–H and O–H groups in total. The topological polar surface area (TPSA) is 88.0 Å². The van der Waals surface area contributed by atoms with Crippen molar-refractivity contribution in [1.82, 2.24) is 5.32 Å². The molecule has 1 aliphatic heterocycles. The van der Waals surface area contributed by atoms with Crippen molar-refractivity contribution in [3.8, 4) is 5.75 Å². The summed E-state index contributed by atoms with van der Waals surface area (Å²) in [7, 11) is 0. The van der Waals surface area contributed by atoms with Crippen molar-refractivity contribution in [3.63, 3.8) is 0 Å². The van der Waals surface area contributed by atoms with Gasteiger partial charge in [0.25, 0.3) is 5.91 Å². The lowest BCUT2D eigenvalue weighted by atomic mass is 10.2. The van der Waals surface area contributed by atoms with E-state index in [-0.39, 0.29) is 18.9 Å². The molecule has 1 heterocycles. The number of carbonyl (C=O) groups is 2. The summed E-state index contributed by atoms with van der Waals surface area (Å²) < 4.78 is 5.42. The predicted molar refractivity (Wildman–Crippen MR) is 106 cm³/mol. The van der Waals surface area contributed by atoms with Crippen molar-refractivity contribution < 1.29 is 19.4 Å². The van der Waals surface area contributed by atoms with Gasteiger partial charge < -0.3 is 15.2 Å². The molecule has 1 amide bonds. The highest BCUT2D eigenvalue weighted by Gasteiger charge is 2.24. The summed E-state index contributed by atoms with van der Waals surface area (Å²) in [5.41, 5.74) is 2.64. The van der Waals surface area contributed by atoms with E-state index in [4.69, 9.17) is 9.84 Å². The molecular weight excluding hydrogens is 364 g/mol. The standard InChI is InChI=1S/C20H18N2O4S/c1-13-5-2-3-8-16(13)21-20-22-19(25)17(27-20)12-14-6-4-7-15(11-14)26-10-9-18(23)24/h2-8,11-12H,9-10H2,1H3,(H,23,24)(H,21,22,25)/b17-12-. The fourth-order valence-electron chi connectivity index (χ4n) is 2.38. The summed E-state index contributed by atoms with van der Waals surface area (Å²) >= 11 is 1.28. The van der Waals surface area contributed by atoms with E-state index in [1.807, 2.05) is 37.3 Å². The molecule has 1 saturated heterocycles. The Morgan fingerprint density at radius 2 is 2.07 bits per heavy atom. The minimum Gasteiger partial charge on any atom is -0.493 e. The first kappa shape index (κ1) is 18.7. The molecule has 2 aromatic rings. The highest BCUT2D eigenvalue weighted by atomic mass is 32.2. The maximum absolute atomic E-state index is 12.2. The summed E-state index contributed by atoms with van der Waals surface area (Å²) in [6, 6.07) is 14.9. The average molecular weight is 382 g/mol. The number of benzene rings is 2. The summed E-state index contributed by atoms with van der Waals surface area (Å²) in [5.74, 6) is -0.555. The van der Waals surface area contributed by atoms with Gasteiger partial charge in [-0.1, -0.05) is 30.3 Å². The summed E-state index contributed by atoms with van der Waals surface area (Å²) in [5, 5.41) is 12.0. The van der Waals surface area contributed by atoms with E-state index in [9.17, 15) is 9.59 Å². The van der Waals surface area contributed by atoms with Crippen molar-refractivity contribution >= 4 is 40.6 Å². The monoisotopic (exact) mass is 382 g/mol. The van der Waals surface area contributed by atoms with Gasteiger partial charge in [0.1, 0.15) is 5.75 Å². The molecule has 2 aromatic carbocycles. The number of nitrogens with one attached hydrogen (secondary N) is 1. The van der Waals surface area contributed by atoms with Crippen LogP contribution in [0.5, 0.6) is 5.75 Å². The van der Waals surface area contributed by atoms with E-state index in [0.717, 1.165) is 16.8 Å². The molecule has 0 atom stereocenters. The first-order chi connectivity index (χ1) is 13.0. The number of hydrogen-bond acceptors (Lipinski definition) is 5. The zero-order chi connectivity index (χ0) is 19.2. The number of aliphatic imine (C=N–C) groups is 1. The minimum atomic E-state index is -0.909. The Hall–Kier alpha value is -3.06. The molecule has 1 aliphatic rings. The maximum Gasteiger partial charge on any atom is 0.306 e. The van der Waals surface area contributed by atoms with E-state index < -0.39 is 5.97 Å². The van der Waals surface area contributed by atoms with Crippen LogP contribution in [0.15, 0.2) is 58.4 Å². The van der Waals surface area contributed by atoms with Crippen LogP contribution in [-0.2, 0) is 9.59 Å². The lowest BCUT2D eigenvalue weighted by Crippen LogP contribution is -2.19. The molecule has 0 aliphatic carbocycles. The number of carboxylic acid groups (broad SMARTS) is 1. The molecule has 0 radical (unpaired) electrons. The van der Waals surface area contributed by atoms with E-state index >= 15 is 0 Å². The second-order valence-electron chi connectivity index (χ2n) is 5.83. The van der Waals surface area contributed by atoms with E-state index in [0.29, 0.717) is 15.8 Å². The SMILES string of the molecule is Cc1ccccc1N=C1NC(=O)/C(=C/c2cccc(OCCC(=O)O)c2)S1. The van der Waals surface area contributed by atoms with Crippen molar-refractivity contribution in [3.05, 3.63) is 64.6 Å². The lowest BCUT2D eigenvalue weighted by Gasteiger charge is -2.05. The normalized spacial score (nSPS) is 16.6. The molecule has 0 unspecified atom stereocenters. The smallest absolute Gasteiger partial charge is 0.306 e. The molecule has 6 nitrogen and oxygen atoms in total. The van der Waals surface area contributed by atoms with Gasteiger partial charge in [-0.05, 0) is 54.1 Å². The number of rotatable bonds is 6. The van der Waals surface area contributed by atoms with Crippen LogP contribution in [-0.4, -0.2) is 28.8 Å². The number of ether oxygens (including phenoxy) is 1. The summed E-state index contributed by atoms with van der Waals surface area (Å²) in [6.45, 7) is 2.06. The summed E-state index contributed by atoms with van der Waals surface area (Å²) in [4.78, 5) is 27.8. The number of amidine groups is 1. The molecule has 27 heavy (non-hydrogen) atoms. The number of aliphatic carboxylic acids is 1. The number of hydrogen-bond donors (Lipinski definition) is 2. The van der Waals surface area contributed by atoms with Gasteiger partial charge in [-0.2, -0.15) is 0 Å². The third-order valence-corrected chi connectivity index (χ3v) is 4.64. The summed E-state index contributed by atoms with van der Waals surface area (Å²) in [6.07, 6.45) is 1.69. The van der Waals surface area contributed by atoms with Crippen LogP contribution in [0.3, 0.4) is 0 Å². The van der Waals surface area contributed by atoms with Gasteiger partial charge in [0.15, 0.2) is 5.17 Å². The Kier molecular flexibility index (Phi) is 5.93. The highest BCUT2D eigenvalue weighted by molar-refractivity contribution is 8.18. The minimum absolute atomic E-state index is 0.0672. The number of thioether (sulfide) groups is 1. The number of para-hydroxylation sites is 1. The molecule has 0 saturated carbocycles. The van der Waals surface area contributed by atoms with Gasteiger partial charge in [-0.15, -0.1) is 0 Å². The van der Waals surface area contributed by atoms with Gasteiger partial charge >= 0.3 is 5.97 Å². The van der Waals surface area contributed by atoms with Gasteiger partial charge in [-0.3, -0.25) is 9.59 Å². The first-order valence-electron chi connectivity index (χ1n) is 8.31. The third-order valence-electron chi connectivity index (χ3n) is 3.73. The zero-order valence-corrected chi connectivity index (χ0v) is 15.5. The number of carbonyl (C=O) groups excluding carboxylic acids is 1. The average Bonchev–Trinajstić information content (AvgIpc) is 2.96. The molecule has 0 spiro atoms. The molecule has 1 fully saturated rings. The quantitative estimate of drug-likeness (QED) is 0.743. The fraction of sp³-hybridized carbons (Fsp3) is 0.150. The molecular formula is C20H18N2O4S.